The third-order valence-electron chi connectivity index (χ3n) is 4.44. The van der Waals surface area contributed by atoms with E-state index in [0.29, 0.717) is 29.8 Å². The van der Waals surface area contributed by atoms with Crippen molar-refractivity contribution in [2.24, 2.45) is 0 Å². The van der Waals surface area contributed by atoms with Crippen LogP contribution in [0.1, 0.15) is 23.8 Å². The Morgan fingerprint density at radius 2 is 2.21 bits per heavy atom. The first-order chi connectivity index (χ1) is 11.7. The number of benzene rings is 1. The fraction of sp³-hybridized carbons (Fsp3) is 0.389. The van der Waals surface area contributed by atoms with Crippen LogP contribution in [0, 0.1) is 0 Å². The Hall–Kier alpha value is -2.05. The van der Waals surface area contributed by atoms with Crippen LogP contribution in [-0.2, 0) is 4.79 Å². The molecule has 5 nitrogen and oxygen atoms in total. The van der Waals surface area contributed by atoms with Gasteiger partial charge in [0.15, 0.2) is 6.54 Å². The third kappa shape index (κ3) is 3.71. The van der Waals surface area contributed by atoms with Gasteiger partial charge in [0.05, 0.1) is 31.3 Å². The van der Waals surface area contributed by atoms with Gasteiger partial charge < -0.3 is 19.7 Å². The van der Waals surface area contributed by atoms with Crippen LogP contribution < -0.4 is 19.7 Å². The molecule has 1 aromatic carbocycles. The van der Waals surface area contributed by atoms with Crippen molar-refractivity contribution in [2.75, 3.05) is 32.6 Å². The molecule has 2 heterocycles. The lowest BCUT2D eigenvalue weighted by Crippen LogP contribution is -3.11. The molecule has 2 atom stereocenters. The molecule has 0 bridgehead atoms. The van der Waals surface area contributed by atoms with Crippen LogP contribution in [0.15, 0.2) is 35.7 Å². The maximum absolute atomic E-state index is 12.5. The lowest BCUT2D eigenvalue weighted by molar-refractivity contribution is -0.910. The Morgan fingerprint density at radius 1 is 1.33 bits per heavy atom. The standard InChI is InChI=1S/C18H22N2O3S/c1-22-13-7-8-14(16(11-13)23-2)19-18(21)12-20-9-3-5-15(20)17-6-4-10-24-17/h4,6-8,10-11,15H,3,5,9,12H2,1-2H3,(H,19,21)/p+1/t15-/m0/s1. The quantitative estimate of drug-likeness (QED) is 0.842. The largest absolute Gasteiger partial charge is 0.497 e. The van der Waals surface area contributed by atoms with Crippen LogP contribution in [0.3, 0.4) is 0 Å². The molecule has 1 amide bonds. The average molecular weight is 347 g/mol. The van der Waals surface area contributed by atoms with Crippen molar-refractivity contribution in [3.63, 3.8) is 0 Å². The van der Waals surface area contributed by atoms with Gasteiger partial charge >= 0.3 is 0 Å². The molecule has 1 fully saturated rings. The molecule has 1 aliphatic rings. The summed E-state index contributed by atoms with van der Waals surface area (Å²) in [7, 11) is 3.19. The van der Waals surface area contributed by atoms with Gasteiger partial charge in [-0.3, -0.25) is 4.79 Å². The monoisotopic (exact) mass is 347 g/mol. The van der Waals surface area contributed by atoms with Gasteiger partial charge in [-0.1, -0.05) is 6.07 Å². The number of thiophene rings is 1. The number of rotatable bonds is 6. The lowest BCUT2D eigenvalue weighted by atomic mass is 10.2. The molecule has 2 N–H and O–H groups in total. The van der Waals surface area contributed by atoms with Crippen molar-refractivity contribution < 1.29 is 19.2 Å². The highest BCUT2D eigenvalue weighted by molar-refractivity contribution is 7.10. The summed E-state index contributed by atoms with van der Waals surface area (Å²) < 4.78 is 10.5. The Balaban J connectivity index is 1.65. The Bertz CT molecular complexity index is 688. The minimum atomic E-state index is 0.0110. The topological polar surface area (TPSA) is 52.0 Å². The average Bonchev–Trinajstić information content (AvgIpc) is 3.26. The van der Waals surface area contributed by atoms with Crippen LogP contribution in [0.25, 0.3) is 0 Å². The van der Waals surface area contributed by atoms with Crippen LogP contribution in [0.2, 0.25) is 0 Å². The number of amides is 1. The predicted octanol–water partition coefficient (Wildman–Crippen LogP) is 2.12. The normalized spacial score (nSPS) is 19.9. The zero-order chi connectivity index (χ0) is 16.9. The summed E-state index contributed by atoms with van der Waals surface area (Å²) in [6.07, 6.45) is 2.31. The number of likely N-dealkylation sites (tertiary alicyclic amines) is 1. The molecular weight excluding hydrogens is 324 g/mol. The van der Waals surface area contributed by atoms with E-state index in [4.69, 9.17) is 9.47 Å². The third-order valence-corrected chi connectivity index (χ3v) is 5.43. The van der Waals surface area contributed by atoms with Gasteiger partial charge in [0.1, 0.15) is 17.5 Å². The van der Waals surface area contributed by atoms with Crippen LogP contribution >= 0.6 is 11.3 Å². The van der Waals surface area contributed by atoms with E-state index in [2.05, 4.69) is 22.8 Å². The minimum Gasteiger partial charge on any atom is -0.497 e. The molecule has 0 spiro atoms. The van der Waals surface area contributed by atoms with Crippen molar-refractivity contribution in [1.82, 2.24) is 0 Å². The number of hydrogen-bond donors (Lipinski definition) is 2. The number of quaternary nitrogens is 1. The summed E-state index contributed by atoms with van der Waals surface area (Å²) in [4.78, 5) is 15.2. The molecular formula is C18H23N2O3S+. The number of carbonyl (C=O) groups excluding carboxylic acids is 1. The van der Waals surface area contributed by atoms with E-state index in [1.165, 1.54) is 9.78 Å². The first-order valence-electron chi connectivity index (χ1n) is 8.11. The molecule has 1 unspecified atom stereocenters. The first kappa shape index (κ1) is 16.8. The van der Waals surface area contributed by atoms with Crippen molar-refractivity contribution in [3.05, 3.63) is 40.6 Å². The molecule has 0 radical (unpaired) electrons. The second kappa shape index (κ2) is 7.68. The fourth-order valence-electron chi connectivity index (χ4n) is 3.26. The van der Waals surface area contributed by atoms with E-state index in [9.17, 15) is 4.79 Å². The van der Waals surface area contributed by atoms with E-state index in [1.54, 1.807) is 31.6 Å². The molecule has 2 aromatic rings. The summed E-state index contributed by atoms with van der Waals surface area (Å²) in [5, 5.41) is 5.07. The number of carbonyl (C=O) groups is 1. The maximum Gasteiger partial charge on any atom is 0.279 e. The summed E-state index contributed by atoms with van der Waals surface area (Å²) in [5.41, 5.74) is 0.676. The van der Waals surface area contributed by atoms with Crippen molar-refractivity contribution in [3.8, 4) is 11.5 Å². The molecule has 1 aliphatic heterocycles. The molecule has 24 heavy (non-hydrogen) atoms. The smallest absolute Gasteiger partial charge is 0.279 e. The van der Waals surface area contributed by atoms with Crippen LogP contribution in [-0.4, -0.2) is 33.2 Å². The van der Waals surface area contributed by atoms with Crippen LogP contribution in [0.5, 0.6) is 11.5 Å². The summed E-state index contributed by atoms with van der Waals surface area (Å²) >= 11 is 1.78. The molecule has 1 aromatic heterocycles. The van der Waals surface area contributed by atoms with Gasteiger partial charge in [0.25, 0.3) is 5.91 Å². The van der Waals surface area contributed by atoms with Gasteiger partial charge in [-0.2, -0.15) is 0 Å². The Labute approximate surface area is 146 Å². The van der Waals surface area contributed by atoms with E-state index in [-0.39, 0.29) is 5.91 Å². The van der Waals surface area contributed by atoms with Gasteiger partial charge in [0, 0.05) is 18.9 Å². The van der Waals surface area contributed by atoms with E-state index in [1.807, 2.05) is 12.1 Å². The zero-order valence-electron chi connectivity index (χ0n) is 14.0. The summed E-state index contributed by atoms with van der Waals surface area (Å²) in [5.74, 6) is 1.32. The van der Waals surface area contributed by atoms with Gasteiger partial charge in [0.2, 0.25) is 0 Å². The Morgan fingerprint density at radius 3 is 2.92 bits per heavy atom. The van der Waals surface area contributed by atoms with Crippen molar-refractivity contribution in [2.45, 2.75) is 18.9 Å². The molecule has 128 valence electrons. The molecule has 0 aliphatic carbocycles. The minimum absolute atomic E-state index is 0.0110. The summed E-state index contributed by atoms with van der Waals surface area (Å²) in [6, 6.07) is 10.1. The van der Waals surface area contributed by atoms with Crippen molar-refractivity contribution in [1.29, 1.82) is 0 Å². The lowest BCUT2D eigenvalue weighted by Gasteiger charge is -2.20. The number of anilines is 1. The summed E-state index contributed by atoms with van der Waals surface area (Å²) in [6.45, 7) is 1.51. The van der Waals surface area contributed by atoms with E-state index >= 15 is 0 Å². The zero-order valence-corrected chi connectivity index (χ0v) is 14.8. The van der Waals surface area contributed by atoms with E-state index in [0.717, 1.165) is 19.4 Å². The number of ether oxygens (including phenoxy) is 2. The number of hydrogen-bond acceptors (Lipinski definition) is 4. The fourth-order valence-corrected chi connectivity index (χ4v) is 4.18. The van der Waals surface area contributed by atoms with Crippen molar-refractivity contribution >= 4 is 22.9 Å². The van der Waals surface area contributed by atoms with Gasteiger partial charge in [-0.05, 0) is 23.6 Å². The molecule has 0 saturated carbocycles. The predicted molar refractivity (Wildman–Crippen MR) is 95.2 cm³/mol. The molecule has 1 saturated heterocycles. The van der Waals surface area contributed by atoms with E-state index < -0.39 is 0 Å². The van der Waals surface area contributed by atoms with Gasteiger partial charge in [-0.25, -0.2) is 0 Å². The second-order valence-corrected chi connectivity index (χ2v) is 6.89. The van der Waals surface area contributed by atoms with Gasteiger partial charge in [-0.15, -0.1) is 11.3 Å². The second-order valence-electron chi connectivity index (χ2n) is 5.91. The number of nitrogens with one attached hydrogen (secondary N) is 2. The Kier molecular flexibility index (Phi) is 5.37. The first-order valence-corrected chi connectivity index (χ1v) is 8.99. The molecule has 6 heteroatoms. The molecule has 3 rings (SSSR count). The van der Waals surface area contributed by atoms with Crippen LogP contribution in [0.4, 0.5) is 5.69 Å². The highest BCUT2D eigenvalue weighted by Crippen LogP contribution is 2.29. The highest BCUT2D eigenvalue weighted by Gasteiger charge is 2.32. The number of methoxy groups -OCH3 is 2. The maximum atomic E-state index is 12.5. The SMILES string of the molecule is COc1ccc(NC(=O)C[NH+]2CCC[C@H]2c2cccs2)c(OC)c1. The highest BCUT2D eigenvalue weighted by atomic mass is 32.1.